The van der Waals surface area contributed by atoms with Gasteiger partial charge in [0, 0.05) is 22.7 Å². The van der Waals surface area contributed by atoms with E-state index in [-0.39, 0.29) is 24.4 Å². The predicted octanol–water partition coefficient (Wildman–Crippen LogP) is 5.12. The lowest BCUT2D eigenvalue weighted by molar-refractivity contribution is -0.127. The van der Waals surface area contributed by atoms with E-state index in [1.807, 2.05) is 43.5 Å². The SMILES string of the molecule is CSc1cccc(N2C(=O)c3cc(-c4ccco4)nn3C[C@@]2(C)C(=O)NC2CCCCCC2)c1. The molecule has 1 aromatic carbocycles. The van der Waals surface area contributed by atoms with Gasteiger partial charge in [-0.2, -0.15) is 5.10 Å². The Bertz CT molecular complexity index is 1180. The second-order valence-corrected chi connectivity index (χ2v) is 10.2. The maximum atomic E-state index is 13.9. The zero-order valence-electron chi connectivity index (χ0n) is 19.6. The fourth-order valence-corrected chi connectivity index (χ4v) is 5.50. The molecule has 8 heteroatoms. The number of nitrogens with zero attached hydrogens (tertiary/aromatic N) is 3. The number of fused-ring (bicyclic) bond motifs is 1. The van der Waals surface area contributed by atoms with E-state index in [4.69, 9.17) is 4.42 Å². The average molecular weight is 479 g/mol. The third kappa shape index (κ3) is 4.15. The number of anilines is 1. The van der Waals surface area contributed by atoms with Crippen LogP contribution in [0.15, 0.2) is 58.0 Å². The third-order valence-electron chi connectivity index (χ3n) is 6.92. The van der Waals surface area contributed by atoms with E-state index >= 15 is 0 Å². The van der Waals surface area contributed by atoms with Crippen molar-refractivity contribution in [3.63, 3.8) is 0 Å². The van der Waals surface area contributed by atoms with Crippen molar-refractivity contribution in [1.82, 2.24) is 15.1 Å². The fraction of sp³-hybridized carbons (Fsp3) is 0.423. The van der Waals surface area contributed by atoms with Crippen molar-refractivity contribution in [1.29, 1.82) is 0 Å². The van der Waals surface area contributed by atoms with Crippen molar-refractivity contribution in [2.75, 3.05) is 11.2 Å². The molecule has 5 rings (SSSR count). The summed E-state index contributed by atoms with van der Waals surface area (Å²) in [4.78, 5) is 30.5. The fourth-order valence-electron chi connectivity index (χ4n) is 5.04. The number of hydrogen-bond donors (Lipinski definition) is 1. The summed E-state index contributed by atoms with van der Waals surface area (Å²) in [5.74, 6) is 0.214. The van der Waals surface area contributed by atoms with Crippen LogP contribution in [0.5, 0.6) is 0 Å². The normalized spacial score (nSPS) is 21.2. The minimum Gasteiger partial charge on any atom is -0.463 e. The molecule has 3 heterocycles. The predicted molar refractivity (Wildman–Crippen MR) is 133 cm³/mol. The number of aromatic nitrogens is 2. The molecule has 178 valence electrons. The number of hydrogen-bond acceptors (Lipinski definition) is 5. The third-order valence-corrected chi connectivity index (χ3v) is 7.64. The molecular weight excluding hydrogens is 448 g/mol. The van der Waals surface area contributed by atoms with Gasteiger partial charge in [0.05, 0.1) is 12.8 Å². The van der Waals surface area contributed by atoms with Gasteiger partial charge in [-0.1, -0.05) is 31.7 Å². The number of rotatable bonds is 5. The first-order valence-electron chi connectivity index (χ1n) is 11.9. The van der Waals surface area contributed by atoms with Crippen molar-refractivity contribution < 1.29 is 14.0 Å². The van der Waals surface area contributed by atoms with Gasteiger partial charge in [0.15, 0.2) is 5.76 Å². The van der Waals surface area contributed by atoms with Crippen LogP contribution in [0, 0.1) is 0 Å². The highest BCUT2D eigenvalue weighted by atomic mass is 32.2. The van der Waals surface area contributed by atoms with Crippen LogP contribution in [-0.2, 0) is 11.3 Å². The van der Waals surface area contributed by atoms with Crippen LogP contribution in [0.1, 0.15) is 55.9 Å². The average Bonchev–Trinajstić information content (AvgIpc) is 3.45. The van der Waals surface area contributed by atoms with E-state index < -0.39 is 5.54 Å². The lowest BCUT2D eigenvalue weighted by Gasteiger charge is -2.43. The molecule has 0 bridgehead atoms. The summed E-state index contributed by atoms with van der Waals surface area (Å²) in [6.07, 6.45) is 10.2. The van der Waals surface area contributed by atoms with E-state index in [9.17, 15) is 9.59 Å². The smallest absolute Gasteiger partial charge is 0.277 e. The van der Waals surface area contributed by atoms with E-state index in [1.165, 1.54) is 12.8 Å². The van der Waals surface area contributed by atoms with Gasteiger partial charge in [0.2, 0.25) is 5.91 Å². The number of benzene rings is 1. The first-order valence-corrected chi connectivity index (χ1v) is 13.1. The number of nitrogens with one attached hydrogen (secondary N) is 1. The lowest BCUT2D eigenvalue weighted by Crippen LogP contribution is -2.65. The summed E-state index contributed by atoms with van der Waals surface area (Å²) in [7, 11) is 0. The number of carbonyl (C=O) groups is 2. The summed E-state index contributed by atoms with van der Waals surface area (Å²) in [5, 5.41) is 7.92. The van der Waals surface area contributed by atoms with E-state index in [2.05, 4.69) is 10.4 Å². The number of furan rings is 1. The zero-order valence-corrected chi connectivity index (χ0v) is 20.4. The molecule has 1 N–H and O–H groups in total. The summed E-state index contributed by atoms with van der Waals surface area (Å²) in [6, 6.07) is 13.3. The highest BCUT2D eigenvalue weighted by molar-refractivity contribution is 7.98. The Kier molecular flexibility index (Phi) is 6.25. The second kappa shape index (κ2) is 9.33. The van der Waals surface area contributed by atoms with Gasteiger partial charge in [-0.3, -0.25) is 19.2 Å². The van der Waals surface area contributed by atoms with Crippen molar-refractivity contribution in [3.8, 4) is 11.5 Å². The topological polar surface area (TPSA) is 80.4 Å². The number of carbonyl (C=O) groups excluding carboxylic acids is 2. The first-order chi connectivity index (χ1) is 16.5. The van der Waals surface area contributed by atoms with Crippen molar-refractivity contribution in [2.45, 2.75) is 68.5 Å². The Morgan fingerprint density at radius 1 is 1.15 bits per heavy atom. The Morgan fingerprint density at radius 2 is 1.94 bits per heavy atom. The van der Waals surface area contributed by atoms with Crippen LogP contribution in [0.2, 0.25) is 0 Å². The molecule has 0 unspecified atom stereocenters. The molecule has 1 fully saturated rings. The molecule has 7 nitrogen and oxygen atoms in total. The molecule has 1 atom stereocenters. The van der Waals surface area contributed by atoms with E-state index in [1.54, 1.807) is 39.7 Å². The summed E-state index contributed by atoms with van der Waals surface area (Å²) >= 11 is 1.61. The molecular formula is C26H30N4O3S. The van der Waals surface area contributed by atoms with Crippen LogP contribution >= 0.6 is 11.8 Å². The molecule has 1 aliphatic heterocycles. The Balaban J connectivity index is 1.55. The molecule has 2 aromatic heterocycles. The van der Waals surface area contributed by atoms with Gasteiger partial charge < -0.3 is 9.73 Å². The van der Waals surface area contributed by atoms with Gasteiger partial charge in [-0.15, -0.1) is 11.8 Å². The van der Waals surface area contributed by atoms with Crippen LogP contribution in [-0.4, -0.2) is 39.4 Å². The first kappa shape index (κ1) is 22.8. The van der Waals surface area contributed by atoms with Crippen molar-refractivity contribution >= 4 is 29.3 Å². The van der Waals surface area contributed by atoms with Crippen LogP contribution in [0.4, 0.5) is 5.69 Å². The number of thioether (sulfide) groups is 1. The lowest BCUT2D eigenvalue weighted by atomic mass is 9.93. The van der Waals surface area contributed by atoms with Gasteiger partial charge in [-0.05, 0) is 56.4 Å². The number of amides is 2. The standard InChI is InChI=1S/C26H30N4O3S/c1-26(25(32)27-18-9-5-3-4-6-10-18)17-29-22(16-21(28-29)23-13-8-14-33-23)24(31)30(26)19-11-7-12-20(15-19)34-2/h7-8,11-16,18H,3-6,9-10,17H2,1-2H3,(H,27,32)/t26-/m0/s1. The molecule has 34 heavy (non-hydrogen) atoms. The van der Waals surface area contributed by atoms with Crippen LogP contribution in [0.3, 0.4) is 0 Å². The Morgan fingerprint density at radius 3 is 2.65 bits per heavy atom. The molecule has 0 spiro atoms. The van der Waals surface area contributed by atoms with Gasteiger partial charge >= 0.3 is 0 Å². The summed E-state index contributed by atoms with van der Waals surface area (Å²) < 4.78 is 7.16. The minimum atomic E-state index is -1.13. The van der Waals surface area contributed by atoms with Crippen molar-refractivity contribution in [3.05, 3.63) is 54.4 Å². The molecule has 2 aliphatic rings. The molecule has 1 aliphatic carbocycles. The van der Waals surface area contributed by atoms with Gasteiger partial charge in [0.1, 0.15) is 16.9 Å². The quantitative estimate of drug-likeness (QED) is 0.407. The van der Waals surface area contributed by atoms with E-state index in [0.29, 0.717) is 22.8 Å². The van der Waals surface area contributed by atoms with Gasteiger partial charge in [-0.25, -0.2) is 0 Å². The molecule has 1 saturated carbocycles. The van der Waals surface area contributed by atoms with Crippen molar-refractivity contribution in [2.24, 2.45) is 0 Å². The zero-order chi connectivity index (χ0) is 23.7. The maximum absolute atomic E-state index is 13.9. The van der Waals surface area contributed by atoms with Crippen LogP contribution in [0.25, 0.3) is 11.5 Å². The Labute approximate surface area is 203 Å². The maximum Gasteiger partial charge on any atom is 0.277 e. The van der Waals surface area contributed by atoms with E-state index in [0.717, 1.165) is 30.6 Å². The largest absolute Gasteiger partial charge is 0.463 e. The highest BCUT2D eigenvalue weighted by Gasteiger charge is 2.49. The highest BCUT2D eigenvalue weighted by Crippen LogP contribution is 2.36. The summed E-state index contributed by atoms with van der Waals surface area (Å²) in [6.45, 7) is 2.11. The van der Waals surface area contributed by atoms with Crippen LogP contribution < -0.4 is 10.2 Å². The molecule has 0 saturated heterocycles. The minimum absolute atomic E-state index is 0.136. The molecule has 2 amide bonds. The second-order valence-electron chi connectivity index (χ2n) is 9.33. The monoisotopic (exact) mass is 478 g/mol. The summed E-state index contributed by atoms with van der Waals surface area (Å²) in [5.41, 5.74) is 0.613. The molecule has 3 aromatic rings. The Hall–Kier alpha value is -3.00. The van der Waals surface area contributed by atoms with Gasteiger partial charge in [0.25, 0.3) is 5.91 Å². The molecule has 0 radical (unpaired) electrons.